The molecule has 0 unspecified atom stereocenters. The summed E-state index contributed by atoms with van der Waals surface area (Å²) in [5, 5.41) is 0. The molecule has 0 radical (unpaired) electrons. The molecule has 1 aromatic carbocycles. The molecule has 1 amide bonds. The summed E-state index contributed by atoms with van der Waals surface area (Å²) in [5.41, 5.74) is 0.577. The number of carbonyl (C=O) groups excluding carboxylic acids is 1. The van der Waals surface area contributed by atoms with Gasteiger partial charge in [0.15, 0.2) is 11.5 Å². The van der Waals surface area contributed by atoms with Gasteiger partial charge in [0.2, 0.25) is 10.0 Å². The summed E-state index contributed by atoms with van der Waals surface area (Å²) in [7, 11) is -0.0245. The Morgan fingerprint density at radius 2 is 1.77 bits per heavy atom. The molecule has 0 aliphatic carbocycles. The van der Waals surface area contributed by atoms with E-state index >= 15 is 0 Å². The smallest absolute Gasteiger partial charge is 0.254 e. The van der Waals surface area contributed by atoms with Crippen LogP contribution in [0.4, 0.5) is 0 Å². The largest absolute Gasteiger partial charge is 0.493 e. The third-order valence-corrected chi connectivity index (χ3v) is 5.03. The number of nitrogens with one attached hydrogen (secondary N) is 1. The van der Waals surface area contributed by atoms with Crippen molar-refractivity contribution in [3.05, 3.63) is 23.8 Å². The molecule has 1 heterocycles. The van der Waals surface area contributed by atoms with Crippen LogP contribution >= 0.6 is 0 Å². The molecule has 1 aromatic rings. The fourth-order valence-electron chi connectivity index (χ4n) is 2.89. The van der Waals surface area contributed by atoms with Gasteiger partial charge in [0.1, 0.15) is 0 Å². The highest BCUT2D eigenvalue weighted by Gasteiger charge is 2.22. The molecule has 26 heavy (non-hydrogen) atoms. The second-order valence-corrected chi connectivity index (χ2v) is 8.06. The minimum absolute atomic E-state index is 0.0238. The third kappa shape index (κ3) is 5.86. The van der Waals surface area contributed by atoms with Crippen LogP contribution < -0.4 is 14.2 Å². The quantitative estimate of drug-likeness (QED) is 0.652. The van der Waals surface area contributed by atoms with E-state index in [-0.39, 0.29) is 5.91 Å². The fourth-order valence-corrected chi connectivity index (χ4v) is 3.40. The molecular weight excluding hydrogens is 358 g/mol. The normalized spacial score (nSPS) is 15.7. The number of amides is 1. The molecular formula is C17H27N3O5S. The van der Waals surface area contributed by atoms with E-state index in [1.54, 1.807) is 32.4 Å². The summed E-state index contributed by atoms with van der Waals surface area (Å²) in [6.07, 6.45) is 1.91. The van der Waals surface area contributed by atoms with Crippen molar-refractivity contribution in [1.82, 2.24) is 14.5 Å². The van der Waals surface area contributed by atoms with Crippen LogP contribution in [0.25, 0.3) is 0 Å². The maximum atomic E-state index is 12.7. The first-order valence-electron chi connectivity index (χ1n) is 8.52. The topological polar surface area (TPSA) is 88.2 Å². The highest BCUT2D eigenvalue weighted by Crippen LogP contribution is 2.28. The first-order chi connectivity index (χ1) is 12.3. The van der Waals surface area contributed by atoms with E-state index < -0.39 is 10.0 Å². The van der Waals surface area contributed by atoms with E-state index in [9.17, 15) is 13.2 Å². The molecule has 2 rings (SSSR count). The second-order valence-electron chi connectivity index (χ2n) is 6.22. The van der Waals surface area contributed by atoms with Crippen LogP contribution in [-0.2, 0) is 10.0 Å². The minimum Gasteiger partial charge on any atom is -0.493 e. The van der Waals surface area contributed by atoms with Crippen LogP contribution in [0.15, 0.2) is 18.2 Å². The Morgan fingerprint density at radius 3 is 2.35 bits per heavy atom. The van der Waals surface area contributed by atoms with E-state index in [1.165, 1.54) is 0 Å². The Labute approximate surface area is 155 Å². The van der Waals surface area contributed by atoms with Gasteiger partial charge in [-0.25, -0.2) is 13.1 Å². The summed E-state index contributed by atoms with van der Waals surface area (Å²) in [6, 6.07) is 5.18. The SMILES string of the molecule is COc1ccc(C(=O)N2CCN(CCCNS(C)(=O)=O)CC2)cc1OC. The van der Waals surface area contributed by atoms with Gasteiger partial charge < -0.3 is 14.4 Å². The Bertz CT molecular complexity index is 715. The van der Waals surface area contributed by atoms with Crippen LogP contribution in [0.3, 0.4) is 0 Å². The molecule has 146 valence electrons. The van der Waals surface area contributed by atoms with Crippen molar-refractivity contribution in [3.63, 3.8) is 0 Å². The zero-order valence-corrected chi connectivity index (χ0v) is 16.3. The molecule has 8 nitrogen and oxygen atoms in total. The van der Waals surface area contributed by atoms with Gasteiger partial charge in [0.25, 0.3) is 5.91 Å². The van der Waals surface area contributed by atoms with Crippen molar-refractivity contribution in [1.29, 1.82) is 0 Å². The first-order valence-corrected chi connectivity index (χ1v) is 10.4. The van der Waals surface area contributed by atoms with Crippen LogP contribution in [-0.4, -0.2) is 83.9 Å². The lowest BCUT2D eigenvalue weighted by atomic mass is 10.1. The molecule has 0 spiro atoms. The first kappa shape index (κ1) is 20.5. The Morgan fingerprint density at radius 1 is 1.12 bits per heavy atom. The molecule has 1 fully saturated rings. The number of hydrogen-bond donors (Lipinski definition) is 1. The predicted molar refractivity (Wildman–Crippen MR) is 99.4 cm³/mol. The summed E-state index contributed by atoms with van der Waals surface area (Å²) < 4.78 is 35.0. The maximum absolute atomic E-state index is 12.7. The second kappa shape index (κ2) is 9.20. The number of sulfonamides is 1. The monoisotopic (exact) mass is 385 g/mol. The van der Waals surface area contributed by atoms with Crippen molar-refractivity contribution >= 4 is 15.9 Å². The van der Waals surface area contributed by atoms with Crippen LogP contribution in [0, 0.1) is 0 Å². The van der Waals surface area contributed by atoms with Crippen molar-refractivity contribution in [2.75, 3.05) is 59.7 Å². The van der Waals surface area contributed by atoms with Gasteiger partial charge in [-0.3, -0.25) is 9.69 Å². The third-order valence-electron chi connectivity index (χ3n) is 4.31. The van der Waals surface area contributed by atoms with Gasteiger partial charge in [-0.1, -0.05) is 0 Å². The van der Waals surface area contributed by atoms with E-state index in [2.05, 4.69) is 9.62 Å². The number of carbonyl (C=O) groups is 1. The molecule has 9 heteroatoms. The molecule has 0 aromatic heterocycles. The van der Waals surface area contributed by atoms with E-state index in [4.69, 9.17) is 9.47 Å². The number of nitrogens with zero attached hydrogens (tertiary/aromatic N) is 2. The molecule has 0 saturated carbocycles. The van der Waals surface area contributed by atoms with Crippen molar-refractivity contribution in [2.45, 2.75) is 6.42 Å². The summed E-state index contributed by atoms with van der Waals surface area (Å²) >= 11 is 0. The Balaban J connectivity index is 1.83. The van der Waals surface area contributed by atoms with Crippen molar-refractivity contribution in [2.24, 2.45) is 0 Å². The summed E-state index contributed by atoms with van der Waals surface area (Å²) in [4.78, 5) is 16.7. The Hall–Kier alpha value is -1.84. The fraction of sp³-hybridized carbons (Fsp3) is 0.588. The number of benzene rings is 1. The number of piperazine rings is 1. The molecule has 1 saturated heterocycles. The van der Waals surface area contributed by atoms with Gasteiger partial charge in [0.05, 0.1) is 20.5 Å². The van der Waals surface area contributed by atoms with E-state index in [1.807, 2.05) is 4.90 Å². The molecule has 1 aliphatic rings. The van der Waals surface area contributed by atoms with Gasteiger partial charge in [0, 0.05) is 38.3 Å². The van der Waals surface area contributed by atoms with Crippen molar-refractivity contribution < 1.29 is 22.7 Å². The number of rotatable bonds is 8. The zero-order chi connectivity index (χ0) is 19.2. The minimum atomic E-state index is -3.13. The van der Waals surface area contributed by atoms with Crippen LogP contribution in [0.1, 0.15) is 16.8 Å². The van der Waals surface area contributed by atoms with E-state index in [0.29, 0.717) is 36.7 Å². The van der Waals surface area contributed by atoms with Crippen LogP contribution in [0.5, 0.6) is 11.5 Å². The van der Waals surface area contributed by atoms with Gasteiger partial charge in [-0.05, 0) is 31.2 Å². The highest BCUT2D eigenvalue weighted by molar-refractivity contribution is 7.88. The molecule has 0 bridgehead atoms. The molecule has 1 N–H and O–H groups in total. The van der Waals surface area contributed by atoms with Gasteiger partial charge >= 0.3 is 0 Å². The predicted octanol–water partition coefficient (Wildman–Crippen LogP) is 0.401. The standard InChI is InChI=1S/C17H27N3O5S/c1-24-15-6-5-14(13-16(15)25-2)17(21)20-11-9-19(10-12-20)8-4-7-18-26(3,22)23/h5-6,13,18H,4,7-12H2,1-3H3. The maximum Gasteiger partial charge on any atom is 0.254 e. The number of methoxy groups -OCH3 is 2. The van der Waals surface area contributed by atoms with Crippen LogP contribution in [0.2, 0.25) is 0 Å². The van der Waals surface area contributed by atoms with E-state index in [0.717, 1.165) is 32.3 Å². The lowest BCUT2D eigenvalue weighted by molar-refractivity contribution is 0.0636. The molecule has 1 aliphatic heterocycles. The Kier molecular flexibility index (Phi) is 7.24. The lowest BCUT2D eigenvalue weighted by Gasteiger charge is -2.34. The number of hydrogen-bond acceptors (Lipinski definition) is 6. The number of ether oxygens (including phenoxy) is 2. The summed E-state index contributed by atoms with van der Waals surface area (Å²) in [5.74, 6) is 1.11. The highest BCUT2D eigenvalue weighted by atomic mass is 32.2. The summed E-state index contributed by atoms with van der Waals surface area (Å²) in [6.45, 7) is 4.08. The van der Waals surface area contributed by atoms with Gasteiger partial charge in [-0.15, -0.1) is 0 Å². The lowest BCUT2D eigenvalue weighted by Crippen LogP contribution is -2.49. The molecule has 0 atom stereocenters. The zero-order valence-electron chi connectivity index (χ0n) is 15.5. The van der Waals surface area contributed by atoms with Crippen molar-refractivity contribution in [3.8, 4) is 11.5 Å². The van der Waals surface area contributed by atoms with Gasteiger partial charge in [-0.2, -0.15) is 0 Å². The average molecular weight is 385 g/mol. The average Bonchev–Trinajstić information content (AvgIpc) is 2.63.